The van der Waals surface area contributed by atoms with E-state index in [1.807, 2.05) is 50.2 Å². The zero-order valence-electron chi connectivity index (χ0n) is 17.6. The molecule has 4 aromatic rings. The van der Waals surface area contributed by atoms with Crippen molar-refractivity contribution >= 4 is 34.7 Å². The molecule has 0 aliphatic heterocycles. The summed E-state index contributed by atoms with van der Waals surface area (Å²) in [5.41, 5.74) is 3.18. The van der Waals surface area contributed by atoms with Crippen LogP contribution in [0.4, 0.5) is 0 Å². The quantitative estimate of drug-likeness (QED) is 0.264. The maximum atomic E-state index is 6.16. The van der Waals surface area contributed by atoms with Crippen molar-refractivity contribution in [2.24, 2.45) is 0 Å². The number of aromatic nitrogens is 4. The molecule has 4 rings (SSSR count). The SMILES string of the molecule is CCn1c(SCc2csc(-c3ccccc3)n2)nnc1C(C)Oc1ccc(Cl)cc1C. The van der Waals surface area contributed by atoms with Crippen molar-refractivity contribution in [1.29, 1.82) is 0 Å². The van der Waals surface area contributed by atoms with Gasteiger partial charge in [0.15, 0.2) is 17.1 Å². The molecule has 0 spiro atoms. The van der Waals surface area contributed by atoms with Crippen LogP contribution in [0.2, 0.25) is 5.02 Å². The van der Waals surface area contributed by atoms with Crippen LogP contribution in [-0.2, 0) is 12.3 Å². The highest BCUT2D eigenvalue weighted by atomic mass is 35.5. The van der Waals surface area contributed by atoms with Gasteiger partial charge in [0.25, 0.3) is 0 Å². The second kappa shape index (κ2) is 9.85. The molecule has 31 heavy (non-hydrogen) atoms. The maximum Gasteiger partial charge on any atom is 0.191 e. The fraction of sp³-hybridized carbons (Fsp3) is 0.261. The minimum Gasteiger partial charge on any atom is -0.482 e. The average Bonchev–Trinajstić information content (AvgIpc) is 3.41. The molecule has 1 atom stereocenters. The number of thiazole rings is 1. The molecule has 0 amide bonds. The number of nitrogens with zero attached hydrogens (tertiary/aromatic N) is 4. The molecular weight excluding hydrogens is 448 g/mol. The Kier molecular flexibility index (Phi) is 6.95. The van der Waals surface area contributed by atoms with E-state index in [1.54, 1.807) is 23.1 Å². The molecule has 2 heterocycles. The topological polar surface area (TPSA) is 52.8 Å². The Balaban J connectivity index is 1.45. The Morgan fingerprint density at radius 1 is 1.16 bits per heavy atom. The summed E-state index contributed by atoms with van der Waals surface area (Å²) >= 11 is 9.36. The minimum absolute atomic E-state index is 0.231. The number of aryl methyl sites for hydroxylation is 1. The lowest BCUT2D eigenvalue weighted by atomic mass is 10.2. The summed E-state index contributed by atoms with van der Waals surface area (Å²) in [6.45, 7) is 6.83. The molecule has 0 aliphatic carbocycles. The molecule has 8 heteroatoms. The number of benzene rings is 2. The third-order valence-corrected chi connectivity index (χ3v) is 6.96. The first-order chi connectivity index (χ1) is 15.0. The predicted molar refractivity (Wildman–Crippen MR) is 128 cm³/mol. The summed E-state index contributed by atoms with van der Waals surface area (Å²) in [5.74, 6) is 2.35. The van der Waals surface area contributed by atoms with Gasteiger partial charge in [-0.05, 0) is 44.5 Å². The second-order valence-corrected chi connectivity index (χ2v) is 9.29. The molecule has 5 nitrogen and oxygen atoms in total. The van der Waals surface area contributed by atoms with Crippen molar-refractivity contribution in [3.8, 4) is 16.3 Å². The number of thioether (sulfide) groups is 1. The van der Waals surface area contributed by atoms with E-state index in [1.165, 1.54) is 0 Å². The summed E-state index contributed by atoms with van der Waals surface area (Å²) in [5, 5.41) is 13.6. The summed E-state index contributed by atoms with van der Waals surface area (Å²) in [7, 11) is 0. The van der Waals surface area contributed by atoms with Gasteiger partial charge in [-0.1, -0.05) is 53.7 Å². The van der Waals surface area contributed by atoms with Crippen LogP contribution in [0.1, 0.15) is 37.0 Å². The number of hydrogen-bond acceptors (Lipinski definition) is 6. The first-order valence-corrected chi connectivity index (χ1v) is 12.3. The van der Waals surface area contributed by atoms with Gasteiger partial charge in [0.05, 0.1) is 5.69 Å². The summed E-state index contributed by atoms with van der Waals surface area (Å²) in [6.07, 6.45) is -0.231. The van der Waals surface area contributed by atoms with Gasteiger partial charge in [-0.25, -0.2) is 4.98 Å². The molecule has 0 radical (unpaired) electrons. The van der Waals surface area contributed by atoms with E-state index in [0.717, 1.165) is 50.9 Å². The van der Waals surface area contributed by atoms with Crippen LogP contribution in [0.15, 0.2) is 59.1 Å². The van der Waals surface area contributed by atoms with Gasteiger partial charge in [0, 0.05) is 28.3 Å². The smallest absolute Gasteiger partial charge is 0.191 e. The summed E-state index contributed by atoms with van der Waals surface area (Å²) < 4.78 is 8.26. The van der Waals surface area contributed by atoms with E-state index in [0.29, 0.717) is 5.02 Å². The van der Waals surface area contributed by atoms with E-state index in [-0.39, 0.29) is 6.10 Å². The van der Waals surface area contributed by atoms with Crippen molar-refractivity contribution < 1.29 is 4.74 Å². The summed E-state index contributed by atoms with van der Waals surface area (Å²) in [6, 6.07) is 15.9. The largest absolute Gasteiger partial charge is 0.482 e. The molecule has 0 fully saturated rings. The molecule has 2 aromatic carbocycles. The first-order valence-electron chi connectivity index (χ1n) is 10.0. The van der Waals surface area contributed by atoms with Crippen LogP contribution in [-0.4, -0.2) is 19.7 Å². The van der Waals surface area contributed by atoms with Crippen molar-refractivity contribution in [2.75, 3.05) is 0 Å². The van der Waals surface area contributed by atoms with Crippen molar-refractivity contribution in [3.63, 3.8) is 0 Å². The molecule has 0 saturated carbocycles. The predicted octanol–water partition coefficient (Wildman–Crippen LogP) is 6.82. The van der Waals surface area contributed by atoms with E-state index < -0.39 is 0 Å². The van der Waals surface area contributed by atoms with Gasteiger partial charge in [0.2, 0.25) is 0 Å². The molecular formula is C23H23ClN4OS2. The zero-order chi connectivity index (χ0) is 21.8. The Labute approximate surface area is 195 Å². The van der Waals surface area contributed by atoms with E-state index >= 15 is 0 Å². The highest BCUT2D eigenvalue weighted by Crippen LogP contribution is 2.30. The van der Waals surface area contributed by atoms with E-state index in [2.05, 4.69) is 39.2 Å². The van der Waals surface area contributed by atoms with Crippen LogP contribution >= 0.6 is 34.7 Å². The molecule has 160 valence electrons. The Morgan fingerprint density at radius 2 is 1.97 bits per heavy atom. The molecule has 0 bridgehead atoms. The molecule has 0 N–H and O–H groups in total. The Bertz CT molecular complexity index is 1160. The third-order valence-electron chi connectivity index (χ3n) is 4.79. The van der Waals surface area contributed by atoms with Crippen molar-refractivity contribution in [1.82, 2.24) is 19.7 Å². The maximum absolute atomic E-state index is 6.16. The fourth-order valence-electron chi connectivity index (χ4n) is 3.22. The zero-order valence-corrected chi connectivity index (χ0v) is 20.0. The number of halogens is 1. The van der Waals surface area contributed by atoms with Gasteiger partial charge in [-0.3, -0.25) is 0 Å². The van der Waals surface area contributed by atoms with Gasteiger partial charge in [-0.15, -0.1) is 21.5 Å². The van der Waals surface area contributed by atoms with E-state index in [9.17, 15) is 0 Å². The highest BCUT2D eigenvalue weighted by molar-refractivity contribution is 7.98. The van der Waals surface area contributed by atoms with Crippen LogP contribution in [0.5, 0.6) is 5.75 Å². The van der Waals surface area contributed by atoms with E-state index in [4.69, 9.17) is 21.3 Å². The number of hydrogen-bond donors (Lipinski definition) is 0. The summed E-state index contributed by atoms with van der Waals surface area (Å²) in [4.78, 5) is 4.77. The molecule has 0 saturated heterocycles. The monoisotopic (exact) mass is 470 g/mol. The fourth-order valence-corrected chi connectivity index (χ4v) is 5.28. The third kappa shape index (κ3) is 5.11. The lowest BCUT2D eigenvalue weighted by molar-refractivity contribution is 0.208. The van der Waals surface area contributed by atoms with Crippen LogP contribution < -0.4 is 4.74 Å². The van der Waals surface area contributed by atoms with Gasteiger partial charge in [0.1, 0.15) is 10.8 Å². The average molecular weight is 471 g/mol. The molecule has 0 aliphatic rings. The Morgan fingerprint density at radius 3 is 2.71 bits per heavy atom. The van der Waals surface area contributed by atoms with Gasteiger partial charge < -0.3 is 9.30 Å². The highest BCUT2D eigenvalue weighted by Gasteiger charge is 2.20. The van der Waals surface area contributed by atoms with Gasteiger partial charge in [-0.2, -0.15) is 0 Å². The van der Waals surface area contributed by atoms with Crippen molar-refractivity contribution in [2.45, 2.75) is 44.3 Å². The standard InChI is InChI=1S/C23H23ClN4OS2/c1-4-28-21(16(3)29-20-11-10-18(24)12-15(20)2)26-27-23(28)31-14-19-13-30-22(25-19)17-8-6-5-7-9-17/h5-13,16H,4,14H2,1-3H3. The second-order valence-electron chi connectivity index (χ2n) is 7.05. The molecule has 1 unspecified atom stereocenters. The lowest BCUT2D eigenvalue weighted by Crippen LogP contribution is -2.12. The van der Waals surface area contributed by atoms with Gasteiger partial charge >= 0.3 is 0 Å². The normalized spacial score (nSPS) is 12.1. The Hall–Kier alpha value is -2.35. The lowest BCUT2D eigenvalue weighted by Gasteiger charge is -2.17. The van der Waals surface area contributed by atoms with Crippen molar-refractivity contribution in [3.05, 3.63) is 76.0 Å². The number of ether oxygens (including phenoxy) is 1. The molecule has 2 aromatic heterocycles. The van der Waals surface area contributed by atoms with Crippen LogP contribution in [0.25, 0.3) is 10.6 Å². The minimum atomic E-state index is -0.231. The number of rotatable bonds is 8. The van der Waals surface area contributed by atoms with Crippen LogP contribution in [0.3, 0.4) is 0 Å². The first kappa shape index (κ1) is 21.9. The van der Waals surface area contributed by atoms with Crippen LogP contribution in [0, 0.1) is 6.92 Å².